The number of hydrogen-bond donors (Lipinski definition) is 0. The van der Waals surface area contributed by atoms with E-state index in [4.69, 9.17) is 0 Å². The zero-order valence-corrected chi connectivity index (χ0v) is 34.3. The van der Waals surface area contributed by atoms with E-state index in [1.807, 2.05) is 12.1 Å². The van der Waals surface area contributed by atoms with Crippen molar-refractivity contribution in [1.82, 2.24) is 0 Å². The molecule has 0 aromatic heterocycles. The lowest BCUT2D eigenvalue weighted by molar-refractivity contribution is 0.531. The second kappa shape index (κ2) is 12.4. The van der Waals surface area contributed by atoms with E-state index in [1.54, 1.807) is 0 Å². The predicted octanol–water partition coefficient (Wildman–Crippen LogP) is 12.0. The van der Waals surface area contributed by atoms with Gasteiger partial charge in [0.25, 0.3) is 0 Å². The summed E-state index contributed by atoms with van der Waals surface area (Å²) in [6.45, 7) is 39.5. The van der Waals surface area contributed by atoms with Crippen LogP contribution in [0.3, 0.4) is 0 Å². The van der Waals surface area contributed by atoms with Crippen LogP contribution in [-0.4, -0.2) is 0 Å². The molecule has 0 spiro atoms. The van der Waals surface area contributed by atoms with E-state index in [2.05, 4.69) is 173 Å². The fourth-order valence-electron chi connectivity index (χ4n) is 6.83. The van der Waals surface area contributed by atoms with E-state index in [-0.39, 0.29) is 32.5 Å². The van der Waals surface area contributed by atoms with Crippen molar-refractivity contribution in [2.24, 2.45) is 0 Å². The zero-order chi connectivity index (χ0) is 38.2. The standard InChI is InChI=1S/C48H60O2/c1-43(2,3)35-23-29-19-21-31-25-37(45(7,8)9)39(47(13,14)15)27-33(31)41(49)42(50)34-28-40(48(16,17)18)38(46(10,11)12)26-32(34)22-20-30(29)24-36(35)44(4,5)6/h23-28H,1-18H3. The molecular weight excluding hydrogens is 609 g/mol. The second-order valence-corrected chi connectivity index (χ2v) is 20.5. The van der Waals surface area contributed by atoms with Gasteiger partial charge in [0, 0.05) is 32.3 Å². The third-order valence-electron chi connectivity index (χ3n) is 9.68. The largest absolute Gasteiger partial charge is 0.285 e. The van der Waals surface area contributed by atoms with Crippen molar-refractivity contribution < 1.29 is 0 Å². The predicted molar refractivity (Wildman–Crippen MR) is 217 cm³/mol. The maximum Gasteiger partial charge on any atom is 0.234 e. The average Bonchev–Trinajstić information content (AvgIpc) is 2.93. The third-order valence-corrected chi connectivity index (χ3v) is 9.68. The van der Waals surface area contributed by atoms with Gasteiger partial charge in [-0.2, -0.15) is 0 Å². The number of rotatable bonds is 0. The van der Waals surface area contributed by atoms with Crippen molar-refractivity contribution >= 4 is 32.3 Å². The Kier molecular flexibility index (Phi) is 9.66. The Morgan fingerprint density at radius 3 is 0.700 bits per heavy atom. The van der Waals surface area contributed by atoms with Crippen LogP contribution in [0, 0.1) is 24.3 Å². The molecule has 0 amide bonds. The lowest BCUT2D eigenvalue weighted by Gasteiger charge is -2.30. The molecule has 4 aromatic carbocycles. The first-order chi connectivity index (χ1) is 22.4. The second-order valence-electron chi connectivity index (χ2n) is 20.5. The Morgan fingerprint density at radius 1 is 0.300 bits per heavy atom. The summed E-state index contributed by atoms with van der Waals surface area (Å²) >= 11 is 0. The van der Waals surface area contributed by atoms with Gasteiger partial charge in [0.05, 0.1) is 0 Å². The van der Waals surface area contributed by atoms with Crippen molar-refractivity contribution in [3.63, 3.8) is 0 Å². The highest BCUT2D eigenvalue weighted by molar-refractivity contribution is 5.88. The molecule has 0 aliphatic carbocycles. The van der Waals surface area contributed by atoms with Gasteiger partial charge in [-0.05, 0) is 102 Å². The van der Waals surface area contributed by atoms with Crippen LogP contribution in [0.15, 0.2) is 46.0 Å². The Morgan fingerprint density at radius 2 is 0.480 bits per heavy atom. The molecule has 0 atom stereocenters. The van der Waals surface area contributed by atoms with Crippen LogP contribution in [0.1, 0.15) is 158 Å². The molecule has 0 bridgehead atoms. The average molecular weight is 669 g/mol. The monoisotopic (exact) mass is 668 g/mol. The fourth-order valence-corrected chi connectivity index (χ4v) is 6.83. The van der Waals surface area contributed by atoms with Gasteiger partial charge >= 0.3 is 0 Å². The lowest BCUT2D eigenvalue weighted by atomic mass is 9.74. The molecule has 2 nitrogen and oxygen atoms in total. The molecule has 0 heterocycles. The Labute approximate surface area is 303 Å². The lowest BCUT2D eigenvalue weighted by Crippen LogP contribution is -2.26. The first-order valence-corrected chi connectivity index (χ1v) is 18.1. The first kappa shape index (κ1) is 38.9. The quantitative estimate of drug-likeness (QED) is 0.175. The van der Waals surface area contributed by atoms with Gasteiger partial charge in [-0.3, -0.25) is 9.59 Å². The smallest absolute Gasteiger partial charge is 0.234 e. The number of hydrogen-bond acceptors (Lipinski definition) is 2. The molecule has 0 aliphatic heterocycles. The summed E-state index contributed by atoms with van der Waals surface area (Å²) in [5.74, 6) is 0. The molecule has 0 aliphatic rings. The van der Waals surface area contributed by atoms with Crippen molar-refractivity contribution in [3.05, 3.63) is 114 Å². The van der Waals surface area contributed by atoms with Crippen LogP contribution in [0.25, 0.3) is 32.3 Å². The molecule has 0 saturated carbocycles. The minimum absolute atomic E-state index is 0.130. The molecule has 0 unspecified atom stereocenters. The minimum atomic E-state index is -0.550. The normalized spacial score (nSPS) is 13.2. The van der Waals surface area contributed by atoms with Gasteiger partial charge < -0.3 is 0 Å². The topological polar surface area (TPSA) is 34.1 Å². The van der Waals surface area contributed by atoms with E-state index >= 15 is 0 Å². The summed E-state index contributed by atoms with van der Waals surface area (Å²) in [6, 6.07) is 26.2. The van der Waals surface area contributed by atoms with Crippen LogP contribution in [0.5, 0.6) is 0 Å². The Hall–Kier alpha value is -3.88. The van der Waals surface area contributed by atoms with Crippen molar-refractivity contribution in [2.75, 3.05) is 0 Å². The summed E-state index contributed by atoms with van der Waals surface area (Å²) < 4.78 is 0. The molecule has 0 N–H and O–H groups in total. The van der Waals surface area contributed by atoms with E-state index in [0.29, 0.717) is 21.5 Å². The summed E-state index contributed by atoms with van der Waals surface area (Å²) in [6.07, 6.45) is 0. The van der Waals surface area contributed by atoms with Gasteiger partial charge in [0.15, 0.2) is 0 Å². The van der Waals surface area contributed by atoms with Gasteiger partial charge in [-0.1, -0.05) is 149 Å². The number of benzene rings is 3. The van der Waals surface area contributed by atoms with Crippen LogP contribution in [0.4, 0.5) is 0 Å². The molecule has 264 valence electrons. The van der Waals surface area contributed by atoms with E-state index in [0.717, 1.165) is 33.0 Å². The third kappa shape index (κ3) is 7.87. The fraction of sp³-hybridized carbons (Fsp3) is 0.500. The molecule has 4 aromatic rings. The van der Waals surface area contributed by atoms with Crippen LogP contribution >= 0.6 is 0 Å². The summed E-state index contributed by atoms with van der Waals surface area (Å²) in [4.78, 5) is 29.2. The molecule has 2 heteroatoms. The van der Waals surface area contributed by atoms with Gasteiger partial charge in [0.2, 0.25) is 10.9 Å². The highest BCUT2D eigenvalue weighted by Gasteiger charge is 2.29. The SMILES string of the molecule is CC(C)(C)c1cc2c#cc3cc(C(C)(C)C)c(C(C)(C)C)cc3c(=O)c(=O)c3cc(C(C)(C)C)c(C(C)(C)C)cc3c#cc2cc1C(C)(C)C. The molecule has 4 rings (SSSR count). The van der Waals surface area contributed by atoms with Gasteiger partial charge in [-0.15, -0.1) is 0 Å². The van der Waals surface area contributed by atoms with E-state index < -0.39 is 10.9 Å². The molecule has 0 radical (unpaired) electrons. The van der Waals surface area contributed by atoms with Crippen LogP contribution < -0.4 is 10.9 Å². The highest BCUT2D eigenvalue weighted by atomic mass is 16.2. The van der Waals surface area contributed by atoms with Crippen molar-refractivity contribution in [2.45, 2.75) is 157 Å². The Bertz CT molecular complexity index is 2010. The maximum atomic E-state index is 14.6. The molecule has 0 saturated heterocycles. The van der Waals surface area contributed by atoms with Crippen LogP contribution in [0.2, 0.25) is 0 Å². The van der Waals surface area contributed by atoms with Gasteiger partial charge in [0.1, 0.15) is 0 Å². The first-order valence-electron chi connectivity index (χ1n) is 18.1. The molecule has 50 heavy (non-hydrogen) atoms. The summed E-state index contributed by atoms with van der Waals surface area (Å²) in [5, 5.41) is 3.48. The molecular formula is C48H60O2. The summed E-state index contributed by atoms with van der Waals surface area (Å²) in [7, 11) is 0. The highest BCUT2D eigenvalue weighted by Crippen LogP contribution is 2.38. The summed E-state index contributed by atoms with van der Waals surface area (Å²) in [5.41, 5.74) is 4.47. The molecule has 0 fully saturated rings. The maximum absolute atomic E-state index is 14.6. The van der Waals surface area contributed by atoms with Crippen molar-refractivity contribution in [1.29, 1.82) is 0 Å². The Balaban J connectivity index is 2.50. The van der Waals surface area contributed by atoms with Gasteiger partial charge in [-0.25, -0.2) is 0 Å². The zero-order valence-electron chi connectivity index (χ0n) is 34.3. The van der Waals surface area contributed by atoms with E-state index in [9.17, 15) is 9.59 Å². The van der Waals surface area contributed by atoms with Crippen molar-refractivity contribution in [3.8, 4) is 0 Å². The number of fused-ring (bicyclic) bond motifs is 3. The van der Waals surface area contributed by atoms with E-state index in [1.165, 1.54) is 11.1 Å². The minimum Gasteiger partial charge on any atom is -0.285 e. The van der Waals surface area contributed by atoms with Crippen LogP contribution in [-0.2, 0) is 32.5 Å².